The maximum atomic E-state index is 12.9. The molecule has 0 N–H and O–H groups in total. The van der Waals surface area contributed by atoms with E-state index in [0.717, 1.165) is 109 Å². The van der Waals surface area contributed by atoms with Crippen LogP contribution in [-0.4, -0.2) is 37.2 Å². The van der Waals surface area contributed by atoms with Crippen LogP contribution in [0.1, 0.15) is 265 Å². The Morgan fingerprint density at radius 3 is 0.831 bits per heavy atom. The van der Waals surface area contributed by atoms with Crippen LogP contribution in [0.4, 0.5) is 0 Å². The highest BCUT2D eigenvalue weighted by atomic mass is 16.6. The van der Waals surface area contributed by atoms with Gasteiger partial charge in [0.2, 0.25) is 0 Å². The Hall–Kier alpha value is -5.49. The van der Waals surface area contributed by atoms with E-state index in [1.807, 2.05) is 18.2 Å². The number of unbranched alkanes of at least 4 members (excludes halogenated alkanes) is 18. The van der Waals surface area contributed by atoms with Crippen LogP contribution in [0.2, 0.25) is 0 Å². The molecule has 0 aliphatic rings. The summed E-state index contributed by atoms with van der Waals surface area (Å²) in [4.78, 5) is 38.2. The SMILES string of the molecule is CC/C=C\C/C=C\C/C=C\C/C=C\C/C=C\C/C=C\CCC(=O)OC(COC(=O)C/C=C\C/C=C\C/C=C\C/C=C\C/C=C\CC)COC(=O)CCCCCCCCCCCCCCCCCCCC/C=C\C/C=C\C/C=C\C/C=C\CC. The van der Waals surface area contributed by atoms with Crippen LogP contribution in [-0.2, 0) is 28.6 Å². The van der Waals surface area contributed by atoms with Crippen molar-refractivity contribution in [1.82, 2.24) is 0 Å². The van der Waals surface area contributed by atoms with E-state index in [4.69, 9.17) is 14.2 Å². The maximum absolute atomic E-state index is 12.9. The Morgan fingerprint density at radius 1 is 0.253 bits per heavy atom. The summed E-state index contributed by atoms with van der Waals surface area (Å²) in [6.07, 6.45) is 104. The van der Waals surface area contributed by atoms with Gasteiger partial charge in [-0.05, 0) is 122 Å². The number of ether oxygens (including phenoxy) is 3. The van der Waals surface area contributed by atoms with E-state index in [9.17, 15) is 14.4 Å². The smallest absolute Gasteiger partial charge is 0.309 e. The minimum Gasteiger partial charge on any atom is -0.462 e. The molecule has 1 unspecified atom stereocenters. The molecule has 83 heavy (non-hydrogen) atoms. The summed E-state index contributed by atoms with van der Waals surface area (Å²) in [6.45, 7) is 6.15. The largest absolute Gasteiger partial charge is 0.462 e. The van der Waals surface area contributed by atoms with Gasteiger partial charge in [0.15, 0.2) is 6.10 Å². The molecule has 0 saturated heterocycles. The van der Waals surface area contributed by atoms with Gasteiger partial charge in [0.25, 0.3) is 0 Å². The number of hydrogen-bond acceptors (Lipinski definition) is 6. The molecule has 6 heteroatoms. The van der Waals surface area contributed by atoms with Crippen molar-refractivity contribution in [2.75, 3.05) is 13.2 Å². The van der Waals surface area contributed by atoms with Crippen molar-refractivity contribution in [2.24, 2.45) is 0 Å². The number of rotatable bonds is 58. The van der Waals surface area contributed by atoms with Gasteiger partial charge >= 0.3 is 17.9 Å². The number of hydrogen-bond donors (Lipinski definition) is 0. The fourth-order valence-corrected chi connectivity index (χ4v) is 8.59. The van der Waals surface area contributed by atoms with Gasteiger partial charge < -0.3 is 14.2 Å². The molecule has 6 nitrogen and oxygen atoms in total. The molecule has 0 spiro atoms. The summed E-state index contributed by atoms with van der Waals surface area (Å²) in [5.41, 5.74) is 0. The maximum Gasteiger partial charge on any atom is 0.309 e. The second kappa shape index (κ2) is 69.0. The minimum atomic E-state index is -0.868. The lowest BCUT2D eigenvalue weighted by molar-refractivity contribution is -0.166. The van der Waals surface area contributed by atoms with Crippen molar-refractivity contribution in [3.63, 3.8) is 0 Å². The standard InChI is InChI=1S/C77H120O6/c1-4-7-10-13-16-19-22-25-28-30-32-33-34-35-36-37-38-39-40-41-42-43-45-46-49-52-55-58-61-64-67-70-76(79)82-73-74(72-81-75(78)69-66-63-60-57-54-51-48-27-24-21-18-15-12-9-6-3)83-77(80)71-68-65-62-59-56-53-50-47-44-31-29-26-23-20-17-14-11-8-5-2/h7-12,16-21,25-29,32-33,44,47-48,53-54,56-57,62-63,65-66,74H,4-6,13-15,22-24,30-31,34-43,45-46,49-52,55,58-61,64,67-73H2,1-3H3/b10-7-,11-8-,12-9-,19-16-,20-17-,21-18-,28-25-,29-26-,33-32-,47-44-,48-27-,56-53-,57-54-,65-62-,66-63-. The van der Waals surface area contributed by atoms with Crippen molar-refractivity contribution < 1.29 is 28.6 Å². The van der Waals surface area contributed by atoms with Gasteiger partial charge in [-0.2, -0.15) is 0 Å². The van der Waals surface area contributed by atoms with Gasteiger partial charge in [0.1, 0.15) is 13.2 Å². The van der Waals surface area contributed by atoms with Crippen molar-refractivity contribution in [2.45, 2.75) is 271 Å². The Balaban J connectivity index is 4.41. The molecule has 0 aromatic heterocycles. The van der Waals surface area contributed by atoms with E-state index in [2.05, 4.69) is 179 Å². The molecule has 0 aliphatic heterocycles. The predicted molar refractivity (Wildman–Crippen MR) is 361 cm³/mol. The first-order valence-corrected chi connectivity index (χ1v) is 33.3. The highest BCUT2D eigenvalue weighted by Crippen LogP contribution is 2.16. The summed E-state index contributed by atoms with van der Waals surface area (Å²) in [6, 6.07) is 0. The van der Waals surface area contributed by atoms with Gasteiger partial charge in [-0.1, -0.05) is 306 Å². The monoisotopic (exact) mass is 1140 g/mol. The molecule has 0 rings (SSSR count). The number of allylic oxidation sites excluding steroid dienone is 29. The Morgan fingerprint density at radius 2 is 0.506 bits per heavy atom. The molecule has 0 saturated carbocycles. The van der Waals surface area contributed by atoms with Crippen molar-refractivity contribution in [3.8, 4) is 0 Å². The van der Waals surface area contributed by atoms with Gasteiger partial charge in [-0.3, -0.25) is 14.4 Å². The number of carbonyl (C=O) groups excluding carboxylic acids is 3. The fraction of sp³-hybridized carbons (Fsp3) is 0.571. The van der Waals surface area contributed by atoms with Crippen molar-refractivity contribution >= 4 is 17.9 Å². The molecule has 0 aromatic rings. The van der Waals surface area contributed by atoms with Crippen LogP contribution < -0.4 is 0 Å². The zero-order valence-corrected chi connectivity index (χ0v) is 53.1. The molecule has 0 aliphatic carbocycles. The fourth-order valence-electron chi connectivity index (χ4n) is 8.59. The Bertz CT molecular complexity index is 1940. The van der Waals surface area contributed by atoms with Crippen molar-refractivity contribution in [3.05, 3.63) is 182 Å². The van der Waals surface area contributed by atoms with Crippen LogP contribution in [0, 0.1) is 0 Å². The summed E-state index contributed by atoms with van der Waals surface area (Å²) >= 11 is 0. The van der Waals surface area contributed by atoms with Crippen LogP contribution in [0.5, 0.6) is 0 Å². The lowest BCUT2D eigenvalue weighted by atomic mass is 10.0. The molecule has 0 fully saturated rings. The topological polar surface area (TPSA) is 78.9 Å². The molecular formula is C77H120O6. The highest BCUT2D eigenvalue weighted by Gasteiger charge is 2.19. The normalized spacial score (nSPS) is 13.3. The second-order valence-corrected chi connectivity index (χ2v) is 21.2. The average molecular weight is 1140 g/mol. The van der Waals surface area contributed by atoms with E-state index in [1.165, 1.54) is 103 Å². The minimum absolute atomic E-state index is 0.104. The first-order chi connectivity index (χ1) is 41.0. The van der Waals surface area contributed by atoms with E-state index < -0.39 is 18.0 Å². The molecule has 464 valence electrons. The third kappa shape index (κ3) is 67.2. The van der Waals surface area contributed by atoms with Crippen LogP contribution in [0.25, 0.3) is 0 Å². The Labute approximate surface area is 510 Å². The molecule has 0 bridgehead atoms. The molecule has 0 aromatic carbocycles. The third-order valence-electron chi connectivity index (χ3n) is 13.4. The van der Waals surface area contributed by atoms with Crippen LogP contribution in [0.3, 0.4) is 0 Å². The summed E-state index contributed by atoms with van der Waals surface area (Å²) in [5.74, 6) is -1.17. The molecule has 0 heterocycles. The summed E-state index contributed by atoms with van der Waals surface area (Å²) in [7, 11) is 0. The zero-order valence-electron chi connectivity index (χ0n) is 53.1. The van der Waals surface area contributed by atoms with E-state index >= 15 is 0 Å². The van der Waals surface area contributed by atoms with Gasteiger partial charge in [0, 0.05) is 12.8 Å². The van der Waals surface area contributed by atoms with Crippen LogP contribution in [0.15, 0.2) is 182 Å². The first kappa shape index (κ1) is 77.5. The van der Waals surface area contributed by atoms with Gasteiger partial charge in [0.05, 0.1) is 6.42 Å². The zero-order chi connectivity index (χ0) is 59.9. The first-order valence-electron chi connectivity index (χ1n) is 33.3. The predicted octanol–water partition coefficient (Wildman–Crippen LogP) is 23.2. The van der Waals surface area contributed by atoms with E-state index in [1.54, 1.807) is 6.08 Å². The van der Waals surface area contributed by atoms with Gasteiger partial charge in [-0.25, -0.2) is 0 Å². The van der Waals surface area contributed by atoms with Crippen molar-refractivity contribution in [1.29, 1.82) is 0 Å². The molecular weight excluding hydrogens is 1020 g/mol. The molecule has 0 radical (unpaired) electrons. The lowest BCUT2D eigenvalue weighted by Gasteiger charge is -2.18. The summed E-state index contributed by atoms with van der Waals surface area (Å²) < 4.78 is 16.7. The van der Waals surface area contributed by atoms with Gasteiger partial charge in [-0.15, -0.1) is 0 Å². The average Bonchev–Trinajstić information content (AvgIpc) is 3.49. The van der Waals surface area contributed by atoms with E-state index in [-0.39, 0.29) is 32.0 Å². The summed E-state index contributed by atoms with van der Waals surface area (Å²) in [5, 5.41) is 0. The number of carbonyl (C=O) groups is 3. The van der Waals surface area contributed by atoms with Crippen LogP contribution >= 0.6 is 0 Å². The quantitative estimate of drug-likeness (QED) is 0.0261. The highest BCUT2D eigenvalue weighted by molar-refractivity contribution is 5.72. The molecule has 0 amide bonds. The lowest BCUT2D eigenvalue weighted by Crippen LogP contribution is -2.30. The number of esters is 3. The third-order valence-corrected chi connectivity index (χ3v) is 13.4. The second-order valence-electron chi connectivity index (χ2n) is 21.2. The van der Waals surface area contributed by atoms with E-state index in [0.29, 0.717) is 19.3 Å². The molecule has 1 atom stereocenters. The Kier molecular flexibility index (Phi) is 64.4.